The quantitative estimate of drug-likeness (QED) is 0.752. The molecule has 1 saturated heterocycles. The van der Waals surface area contributed by atoms with E-state index in [1.54, 1.807) is 6.33 Å². The Hall–Kier alpha value is -0.860. The lowest BCUT2D eigenvalue weighted by molar-refractivity contribution is 0.116. The Morgan fingerprint density at radius 3 is 2.56 bits per heavy atom. The van der Waals surface area contributed by atoms with Crippen molar-refractivity contribution in [1.29, 1.82) is 0 Å². The summed E-state index contributed by atoms with van der Waals surface area (Å²) in [6.07, 6.45) is 6.87. The van der Waals surface area contributed by atoms with E-state index in [4.69, 9.17) is 0 Å². The van der Waals surface area contributed by atoms with Crippen LogP contribution in [0, 0.1) is 0 Å². The largest absolute Gasteiger partial charge is 0.367 e. The van der Waals surface area contributed by atoms with Crippen LogP contribution in [-0.2, 0) is 5.54 Å². The molecular formula is C19H29BrN6S. The Kier molecular flexibility index (Phi) is 5.42. The molecule has 1 saturated carbocycles. The average Bonchev–Trinajstić information content (AvgIpc) is 3.27. The average molecular weight is 453 g/mol. The fourth-order valence-electron chi connectivity index (χ4n) is 4.44. The number of thioether (sulfide) groups is 1. The molecule has 6 nitrogen and oxygen atoms in total. The number of nitrogens with one attached hydrogen (secondary N) is 1. The predicted octanol–water partition coefficient (Wildman–Crippen LogP) is 4.12. The molecule has 0 amide bonds. The summed E-state index contributed by atoms with van der Waals surface area (Å²) in [5.41, 5.74) is 1.01. The minimum Gasteiger partial charge on any atom is -0.367 e. The van der Waals surface area contributed by atoms with Gasteiger partial charge in [-0.15, -0.1) is 0 Å². The van der Waals surface area contributed by atoms with Crippen molar-refractivity contribution in [2.75, 3.05) is 36.5 Å². The molecule has 1 N–H and O–H groups in total. The van der Waals surface area contributed by atoms with Gasteiger partial charge in [-0.05, 0) is 49.5 Å². The molecule has 0 aromatic carbocycles. The maximum absolute atomic E-state index is 4.69. The summed E-state index contributed by atoms with van der Waals surface area (Å²) in [6.45, 7) is 9.78. The molecule has 0 radical (unpaired) electrons. The number of anilines is 1. The number of nitrogens with zero attached hydrogens (tertiary/aromatic N) is 5. The van der Waals surface area contributed by atoms with Crippen LogP contribution in [0.2, 0.25) is 0 Å². The van der Waals surface area contributed by atoms with Crippen LogP contribution < -0.4 is 5.32 Å². The molecule has 0 bridgehead atoms. The third-order valence-corrected chi connectivity index (χ3v) is 7.36. The maximum Gasteiger partial charge on any atom is 0.165 e. The first-order valence-electron chi connectivity index (χ1n) is 9.87. The smallest absolute Gasteiger partial charge is 0.165 e. The van der Waals surface area contributed by atoms with Gasteiger partial charge in [-0.3, -0.25) is 4.90 Å². The molecule has 3 heterocycles. The van der Waals surface area contributed by atoms with Crippen molar-refractivity contribution in [2.24, 2.45) is 0 Å². The van der Waals surface area contributed by atoms with Gasteiger partial charge in [0.05, 0.1) is 10.9 Å². The van der Waals surface area contributed by atoms with Gasteiger partial charge < -0.3 is 5.32 Å². The molecular weight excluding hydrogens is 424 g/mol. The van der Waals surface area contributed by atoms with E-state index < -0.39 is 0 Å². The van der Waals surface area contributed by atoms with E-state index in [9.17, 15) is 0 Å². The van der Waals surface area contributed by atoms with Crippen molar-refractivity contribution in [3.8, 4) is 0 Å². The summed E-state index contributed by atoms with van der Waals surface area (Å²) in [5, 5.41) is 9.36. The van der Waals surface area contributed by atoms with Crippen molar-refractivity contribution >= 4 is 44.5 Å². The molecule has 2 aromatic rings. The highest BCUT2D eigenvalue weighted by atomic mass is 79.9. The molecule has 4 rings (SSSR count). The lowest BCUT2D eigenvalue weighted by Gasteiger charge is -2.43. The van der Waals surface area contributed by atoms with Crippen LogP contribution in [0.4, 0.5) is 5.82 Å². The molecule has 0 atom stereocenters. The summed E-state index contributed by atoms with van der Waals surface area (Å²) in [7, 11) is 0. The van der Waals surface area contributed by atoms with Crippen LogP contribution in [0.15, 0.2) is 10.9 Å². The number of aromatic nitrogens is 4. The van der Waals surface area contributed by atoms with Gasteiger partial charge in [-0.25, -0.2) is 14.6 Å². The molecule has 2 aliphatic rings. The fraction of sp³-hybridized carbons (Fsp3) is 0.737. The lowest BCUT2D eigenvalue weighted by Crippen LogP contribution is -2.54. The van der Waals surface area contributed by atoms with Gasteiger partial charge in [0.15, 0.2) is 5.65 Å². The molecule has 8 heteroatoms. The number of hydrogen-bond acceptors (Lipinski definition) is 6. The van der Waals surface area contributed by atoms with E-state index in [0.717, 1.165) is 28.0 Å². The first-order valence-corrected chi connectivity index (χ1v) is 11.8. The Labute approximate surface area is 174 Å². The van der Waals surface area contributed by atoms with E-state index >= 15 is 0 Å². The molecule has 1 aliphatic carbocycles. The van der Waals surface area contributed by atoms with Crippen LogP contribution in [0.25, 0.3) is 11.0 Å². The second-order valence-electron chi connectivity index (χ2n) is 8.68. The standard InChI is InChI=1S/C19H29BrN6S/c1-18(2,3)26-17-14(15(20)24-26)16(22-13-23-17)21-12-19(6-4-5-7-19)25-8-10-27-11-9-25/h13H,4-12H2,1-3H3,(H,21,22,23). The normalized spacial score (nSPS) is 21.0. The Morgan fingerprint density at radius 2 is 1.89 bits per heavy atom. The van der Waals surface area contributed by atoms with Gasteiger partial charge in [-0.1, -0.05) is 12.8 Å². The van der Waals surface area contributed by atoms with E-state index in [1.165, 1.54) is 50.3 Å². The summed E-state index contributed by atoms with van der Waals surface area (Å²) in [5.74, 6) is 3.40. The third-order valence-electron chi connectivity index (χ3n) is 5.86. The molecule has 2 aromatic heterocycles. The van der Waals surface area contributed by atoms with Gasteiger partial charge in [0.2, 0.25) is 0 Å². The van der Waals surface area contributed by atoms with E-state index in [-0.39, 0.29) is 11.1 Å². The van der Waals surface area contributed by atoms with Gasteiger partial charge in [-0.2, -0.15) is 16.9 Å². The van der Waals surface area contributed by atoms with Gasteiger partial charge in [0, 0.05) is 36.7 Å². The zero-order chi connectivity index (χ0) is 19.1. The summed E-state index contributed by atoms with van der Waals surface area (Å²) < 4.78 is 2.79. The molecule has 2 fully saturated rings. The molecule has 0 spiro atoms. The summed E-state index contributed by atoms with van der Waals surface area (Å²) in [6, 6.07) is 0. The summed E-state index contributed by atoms with van der Waals surface area (Å²) in [4.78, 5) is 11.8. The molecule has 27 heavy (non-hydrogen) atoms. The van der Waals surface area contributed by atoms with Crippen molar-refractivity contribution in [3.63, 3.8) is 0 Å². The minimum atomic E-state index is -0.131. The van der Waals surface area contributed by atoms with Gasteiger partial charge >= 0.3 is 0 Å². The number of fused-ring (bicyclic) bond motifs is 1. The van der Waals surface area contributed by atoms with Crippen molar-refractivity contribution in [1.82, 2.24) is 24.6 Å². The van der Waals surface area contributed by atoms with Crippen LogP contribution in [0.3, 0.4) is 0 Å². The SMILES string of the molecule is CC(C)(C)n1nc(Br)c2c(NCC3(N4CCSCC4)CCCC3)ncnc21. The van der Waals surface area contributed by atoms with Crippen LogP contribution in [-0.4, -0.2) is 61.3 Å². The van der Waals surface area contributed by atoms with Gasteiger partial charge in [0.1, 0.15) is 16.7 Å². The molecule has 1 aliphatic heterocycles. The van der Waals surface area contributed by atoms with Gasteiger partial charge in [0.25, 0.3) is 0 Å². The van der Waals surface area contributed by atoms with Crippen LogP contribution in [0.5, 0.6) is 0 Å². The lowest BCUT2D eigenvalue weighted by atomic mass is 9.94. The van der Waals surface area contributed by atoms with Crippen LogP contribution in [0.1, 0.15) is 46.5 Å². The highest BCUT2D eigenvalue weighted by Gasteiger charge is 2.40. The molecule has 148 valence electrons. The van der Waals surface area contributed by atoms with Crippen LogP contribution >= 0.6 is 27.7 Å². The zero-order valence-corrected chi connectivity index (χ0v) is 18.9. The Bertz CT molecular complexity index is 802. The van der Waals surface area contributed by atoms with E-state index in [2.05, 4.69) is 73.7 Å². The fourth-order valence-corrected chi connectivity index (χ4v) is 5.86. The first kappa shape index (κ1) is 19.5. The predicted molar refractivity (Wildman–Crippen MR) is 117 cm³/mol. The second-order valence-corrected chi connectivity index (χ2v) is 10.7. The Morgan fingerprint density at radius 1 is 1.19 bits per heavy atom. The monoisotopic (exact) mass is 452 g/mol. The molecule has 0 unspecified atom stereocenters. The van der Waals surface area contributed by atoms with Crippen molar-refractivity contribution < 1.29 is 0 Å². The summed E-state index contributed by atoms with van der Waals surface area (Å²) >= 11 is 5.72. The van der Waals surface area contributed by atoms with E-state index in [1.807, 2.05) is 4.68 Å². The number of hydrogen-bond donors (Lipinski definition) is 1. The number of halogens is 1. The maximum atomic E-state index is 4.69. The highest BCUT2D eigenvalue weighted by molar-refractivity contribution is 9.10. The highest BCUT2D eigenvalue weighted by Crippen LogP contribution is 2.38. The zero-order valence-electron chi connectivity index (χ0n) is 16.5. The Balaban J connectivity index is 1.62. The van der Waals surface area contributed by atoms with Crippen molar-refractivity contribution in [2.45, 2.75) is 57.5 Å². The third kappa shape index (κ3) is 3.72. The number of rotatable bonds is 4. The first-order chi connectivity index (χ1) is 12.9. The van der Waals surface area contributed by atoms with Crippen molar-refractivity contribution in [3.05, 3.63) is 10.9 Å². The second kappa shape index (κ2) is 7.52. The minimum absolute atomic E-state index is 0.131. The topological polar surface area (TPSA) is 58.9 Å². The van der Waals surface area contributed by atoms with E-state index in [0.29, 0.717) is 0 Å².